The van der Waals surface area contributed by atoms with E-state index in [0.29, 0.717) is 68.4 Å². The third-order valence-electron chi connectivity index (χ3n) is 8.03. The normalized spacial score (nSPS) is 21.8. The molecule has 3 aliphatic heterocycles. The SMILES string of the molecule is CCCCOc1ccc([C@@H]2C(=C(O)c3ccc4c(c3)C[C@@H](C)O4)C(=O)C(=O)N2CCCN2CCOCC2)cc1OCC. The van der Waals surface area contributed by atoms with Gasteiger partial charge in [-0.3, -0.25) is 14.5 Å². The standard InChI is InChI=1S/C33H42N2O7/c1-4-6-16-41-27-11-8-23(21-28(27)40-5-2)30-29(31(36)24-9-10-26-25(20-24)19-22(3)42-26)32(37)33(38)35(30)13-7-12-34-14-17-39-18-15-34/h8-11,20-22,30,36H,4-7,12-19H2,1-3H3/t22-,30-/m1/s1. The van der Waals surface area contributed by atoms with E-state index in [1.807, 2.05) is 44.2 Å². The largest absolute Gasteiger partial charge is 0.507 e. The van der Waals surface area contributed by atoms with Crippen molar-refractivity contribution in [2.24, 2.45) is 0 Å². The summed E-state index contributed by atoms with van der Waals surface area (Å²) in [5.41, 5.74) is 2.23. The summed E-state index contributed by atoms with van der Waals surface area (Å²) in [5.74, 6) is 0.467. The summed E-state index contributed by atoms with van der Waals surface area (Å²) in [5, 5.41) is 11.6. The van der Waals surface area contributed by atoms with E-state index in [9.17, 15) is 14.7 Å². The van der Waals surface area contributed by atoms with Gasteiger partial charge in [0.25, 0.3) is 11.7 Å². The van der Waals surface area contributed by atoms with Gasteiger partial charge < -0.3 is 29.0 Å². The number of morpholine rings is 1. The number of aliphatic hydroxyl groups excluding tert-OH is 1. The molecule has 9 nitrogen and oxygen atoms in total. The molecule has 1 amide bonds. The molecule has 2 aromatic rings. The van der Waals surface area contributed by atoms with Crippen LogP contribution in [0.4, 0.5) is 0 Å². The van der Waals surface area contributed by atoms with E-state index in [1.54, 1.807) is 11.0 Å². The number of ether oxygens (including phenoxy) is 4. The maximum Gasteiger partial charge on any atom is 0.295 e. The van der Waals surface area contributed by atoms with Crippen LogP contribution in [0.15, 0.2) is 42.0 Å². The summed E-state index contributed by atoms with van der Waals surface area (Å²) in [6.07, 6.45) is 3.38. The minimum atomic E-state index is -0.762. The fourth-order valence-electron chi connectivity index (χ4n) is 5.88. The summed E-state index contributed by atoms with van der Waals surface area (Å²) < 4.78 is 23.2. The average Bonchev–Trinajstić information content (AvgIpc) is 3.49. The van der Waals surface area contributed by atoms with Crippen molar-refractivity contribution in [3.05, 3.63) is 58.7 Å². The molecular formula is C33H42N2O7. The van der Waals surface area contributed by atoms with Crippen LogP contribution >= 0.6 is 0 Å². The van der Waals surface area contributed by atoms with E-state index in [0.717, 1.165) is 43.8 Å². The van der Waals surface area contributed by atoms with E-state index in [4.69, 9.17) is 18.9 Å². The molecule has 0 saturated carbocycles. The number of likely N-dealkylation sites (tertiary alicyclic amines) is 1. The lowest BCUT2D eigenvalue weighted by atomic mass is 9.94. The van der Waals surface area contributed by atoms with Gasteiger partial charge >= 0.3 is 0 Å². The fraction of sp³-hybridized carbons (Fsp3) is 0.515. The van der Waals surface area contributed by atoms with Crippen LogP contribution in [0.5, 0.6) is 17.2 Å². The lowest BCUT2D eigenvalue weighted by molar-refractivity contribution is -0.140. The van der Waals surface area contributed by atoms with Crippen LogP contribution in [0.25, 0.3) is 5.76 Å². The van der Waals surface area contributed by atoms with Crippen molar-refractivity contribution in [1.82, 2.24) is 9.80 Å². The second-order valence-corrected chi connectivity index (χ2v) is 11.1. The van der Waals surface area contributed by atoms with Gasteiger partial charge in [-0.2, -0.15) is 0 Å². The molecule has 2 aromatic carbocycles. The molecule has 0 radical (unpaired) electrons. The van der Waals surface area contributed by atoms with Crippen LogP contribution in [0.1, 0.15) is 62.8 Å². The van der Waals surface area contributed by atoms with E-state index in [-0.39, 0.29) is 17.4 Å². The molecule has 2 fully saturated rings. The van der Waals surface area contributed by atoms with Crippen LogP contribution in [0, 0.1) is 0 Å². The molecule has 2 saturated heterocycles. The van der Waals surface area contributed by atoms with Gasteiger partial charge in [0.05, 0.1) is 38.0 Å². The van der Waals surface area contributed by atoms with Crippen LogP contribution in [0.2, 0.25) is 0 Å². The van der Waals surface area contributed by atoms with Crippen molar-refractivity contribution in [2.45, 2.75) is 58.6 Å². The van der Waals surface area contributed by atoms with Crippen molar-refractivity contribution in [2.75, 3.05) is 52.6 Å². The lowest BCUT2D eigenvalue weighted by Crippen LogP contribution is -2.39. The lowest BCUT2D eigenvalue weighted by Gasteiger charge is -2.29. The maximum absolute atomic E-state index is 13.6. The van der Waals surface area contributed by atoms with Gasteiger partial charge in [-0.25, -0.2) is 0 Å². The Bertz CT molecular complexity index is 1320. The van der Waals surface area contributed by atoms with Gasteiger partial charge in [0.1, 0.15) is 17.6 Å². The molecule has 0 aliphatic carbocycles. The zero-order chi connectivity index (χ0) is 29.6. The van der Waals surface area contributed by atoms with Crippen LogP contribution < -0.4 is 14.2 Å². The third kappa shape index (κ3) is 6.42. The number of carbonyl (C=O) groups is 2. The Kier molecular flexibility index (Phi) is 9.69. The first-order valence-electron chi connectivity index (χ1n) is 15.2. The van der Waals surface area contributed by atoms with Gasteiger partial charge in [0, 0.05) is 38.2 Å². The quantitative estimate of drug-likeness (QED) is 0.167. The first-order valence-corrected chi connectivity index (χ1v) is 15.2. The summed E-state index contributed by atoms with van der Waals surface area (Å²) in [7, 11) is 0. The number of Topliss-reactive ketones (excluding diaryl/α,β-unsaturated/α-hetero) is 1. The predicted octanol–water partition coefficient (Wildman–Crippen LogP) is 4.73. The Morgan fingerprint density at radius 1 is 1.00 bits per heavy atom. The zero-order valence-electron chi connectivity index (χ0n) is 24.9. The van der Waals surface area contributed by atoms with Gasteiger partial charge in [0.2, 0.25) is 0 Å². The number of hydrogen-bond acceptors (Lipinski definition) is 8. The number of ketones is 1. The topological polar surface area (TPSA) is 97.8 Å². The van der Waals surface area contributed by atoms with E-state index >= 15 is 0 Å². The second-order valence-electron chi connectivity index (χ2n) is 11.1. The van der Waals surface area contributed by atoms with Crippen LogP contribution in [0.3, 0.4) is 0 Å². The monoisotopic (exact) mass is 578 g/mol. The molecule has 0 bridgehead atoms. The van der Waals surface area contributed by atoms with Crippen molar-refractivity contribution in [3.63, 3.8) is 0 Å². The van der Waals surface area contributed by atoms with E-state index in [2.05, 4.69) is 11.8 Å². The molecule has 1 N–H and O–H groups in total. The Morgan fingerprint density at radius 3 is 2.57 bits per heavy atom. The molecule has 2 atom stereocenters. The Labute approximate surface area is 248 Å². The minimum absolute atomic E-state index is 0.0458. The molecule has 226 valence electrons. The Balaban J connectivity index is 1.51. The molecule has 9 heteroatoms. The number of amides is 1. The maximum atomic E-state index is 13.6. The molecule has 3 aliphatic rings. The Morgan fingerprint density at radius 2 is 1.81 bits per heavy atom. The van der Waals surface area contributed by atoms with Crippen LogP contribution in [-0.2, 0) is 20.7 Å². The van der Waals surface area contributed by atoms with Crippen molar-refractivity contribution in [3.8, 4) is 17.2 Å². The molecule has 3 heterocycles. The van der Waals surface area contributed by atoms with Gasteiger partial charge in [0.15, 0.2) is 11.5 Å². The number of carbonyl (C=O) groups excluding carboxylic acids is 2. The molecule has 0 aromatic heterocycles. The number of rotatable bonds is 12. The molecule has 5 rings (SSSR count). The van der Waals surface area contributed by atoms with Crippen molar-refractivity contribution < 1.29 is 33.6 Å². The number of hydrogen-bond donors (Lipinski definition) is 1. The summed E-state index contributed by atoms with van der Waals surface area (Å²) in [6.45, 7) is 11.2. The number of aliphatic hydroxyl groups is 1. The summed E-state index contributed by atoms with van der Waals surface area (Å²) in [4.78, 5) is 31.0. The molecule has 0 spiro atoms. The number of benzene rings is 2. The second kappa shape index (κ2) is 13.6. The third-order valence-corrected chi connectivity index (χ3v) is 8.03. The van der Waals surface area contributed by atoms with Crippen molar-refractivity contribution >= 4 is 17.4 Å². The number of unbranched alkanes of at least 4 members (excludes halogenated alkanes) is 1. The highest BCUT2D eigenvalue weighted by atomic mass is 16.5. The highest BCUT2D eigenvalue weighted by Crippen LogP contribution is 2.43. The van der Waals surface area contributed by atoms with E-state index in [1.165, 1.54) is 0 Å². The Hall–Kier alpha value is -3.56. The van der Waals surface area contributed by atoms with Crippen LogP contribution in [-0.4, -0.2) is 85.3 Å². The highest BCUT2D eigenvalue weighted by molar-refractivity contribution is 6.46. The fourth-order valence-corrected chi connectivity index (χ4v) is 5.88. The summed E-state index contributed by atoms with van der Waals surface area (Å²) in [6, 6.07) is 10.2. The smallest absolute Gasteiger partial charge is 0.295 e. The predicted molar refractivity (Wildman–Crippen MR) is 159 cm³/mol. The van der Waals surface area contributed by atoms with Gasteiger partial charge in [-0.05, 0) is 68.1 Å². The molecule has 42 heavy (non-hydrogen) atoms. The first kappa shape index (κ1) is 29.9. The summed E-state index contributed by atoms with van der Waals surface area (Å²) >= 11 is 0. The van der Waals surface area contributed by atoms with Gasteiger partial charge in [-0.1, -0.05) is 19.4 Å². The molecule has 0 unspecified atom stereocenters. The average molecular weight is 579 g/mol. The zero-order valence-corrected chi connectivity index (χ0v) is 24.9. The number of nitrogens with zero attached hydrogens (tertiary/aromatic N) is 2. The molecular weight excluding hydrogens is 536 g/mol. The van der Waals surface area contributed by atoms with E-state index < -0.39 is 17.7 Å². The van der Waals surface area contributed by atoms with Crippen molar-refractivity contribution in [1.29, 1.82) is 0 Å². The van der Waals surface area contributed by atoms with Gasteiger partial charge in [-0.15, -0.1) is 0 Å². The number of fused-ring (bicyclic) bond motifs is 1. The highest BCUT2D eigenvalue weighted by Gasteiger charge is 2.46. The minimum Gasteiger partial charge on any atom is -0.507 e. The first-order chi connectivity index (χ1) is 20.4.